The molecule has 0 bridgehead atoms. The summed E-state index contributed by atoms with van der Waals surface area (Å²) in [6.07, 6.45) is 0. The van der Waals surface area contributed by atoms with Gasteiger partial charge in [0, 0.05) is 37.7 Å². The van der Waals surface area contributed by atoms with E-state index in [2.05, 4.69) is 40.6 Å². The second-order valence-corrected chi connectivity index (χ2v) is 5.65. The highest BCUT2D eigenvalue weighted by Gasteiger charge is 2.27. The molecular formula is C11H20N4OS. The lowest BCUT2D eigenvalue weighted by Gasteiger charge is -2.37. The zero-order chi connectivity index (χ0) is 12.3. The van der Waals surface area contributed by atoms with Gasteiger partial charge in [-0.1, -0.05) is 4.49 Å². The quantitative estimate of drug-likeness (QED) is 0.886. The van der Waals surface area contributed by atoms with Gasteiger partial charge < -0.3 is 10.1 Å². The highest BCUT2D eigenvalue weighted by Crippen LogP contribution is 2.22. The Bertz CT molecular complexity index is 366. The van der Waals surface area contributed by atoms with Crippen LogP contribution < -0.4 is 5.32 Å². The Morgan fingerprint density at radius 2 is 2.35 bits per heavy atom. The maximum absolute atomic E-state index is 5.70. The molecule has 6 heteroatoms. The Morgan fingerprint density at radius 1 is 1.53 bits per heavy atom. The van der Waals surface area contributed by atoms with Crippen LogP contribution in [0, 0.1) is 0 Å². The van der Waals surface area contributed by atoms with Crippen LogP contribution in [-0.2, 0) is 11.3 Å². The van der Waals surface area contributed by atoms with Crippen molar-refractivity contribution in [3.63, 3.8) is 0 Å². The predicted molar refractivity (Wildman–Crippen MR) is 69.4 cm³/mol. The summed E-state index contributed by atoms with van der Waals surface area (Å²) in [5.41, 5.74) is 0.995. The van der Waals surface area contributed by atoms with Gasteiger partial charge in [-0.15, -0.1) is 5.10 Å². The summed E-state index contributed by atoms with van der Waals surface area (Å²) >= 11 is 1.43. The number of rotatable bonds is 4. The van der Waals surface area contributed by atoms with E-state index in [1.807, 2.05) is 0 Å². The minimum Gasteiger partial charge on any atom is -0.374 e. The van der Waals surface area contributed by atoms with Crippen LogP contribution in [-0.4, -0.2) is 46.3 Å². The van der Waals surface area contributed by atoms with E-state index in [0.29, 0.717) is 0 Å². The van der Waals surface area contributed by atoms with Crippen LogP contribution in [0.5, 0.6) is 0 Å². The van der Waals surface area contributed by atoms with Crippen molar-refractivity contribution in [2.75, 3.05) is 31.6 Å². The molecule has 0 aliphatic carbocycles. The number of nitrogens with zero attached hydrogens (tertiary/aromatic N) is 3. The van der Waals surface area contributed by atoms with Crippen LogP contribution in [0.1, 0.15) is 26.5 Å². The summed E-state index contributed by atoms with van der Waals surface area (Å²) in [6, 6.07) is 0. The van der Waals surface area contributed by atoms with Gasteiger partial charge in [0.1, 0.15) is 10.7 Å². The SMILES string of the molecule is CCNc1snnc1CN1CCOC(C)(C)C1. The Kier molecular flexibility index (Phi) is 3.96. The number of hydrogen-bond donors (Lipinski definition) is 1. The van der Waals surface area contributed by atoms with Crippen molar-refractivity contribution in [1.82, 2.24) is 14.5 Å². The van der Waals surface area contributed by atoms with Gasteiger partial charge in [-0.3, -0.25) is 4.90 Å². The van der Waals surface area contributed by atoms with E-state index >= 15 is 0 Å². The second-order valence-electron chi connectivity index (χ2n) is 4.90. The number of nitrogens with one attached hydrogen (secondary N) is 1. The van der Waals surface area contributed by atoms with Gasteiger partial charge >= 0.3 is 0 Å². The summed E-state index contributed by atoms with van der Waals surface area (Å²) in [7, 11) is 0. The van der Waals surface area contributed by atoms with Gasteiger partial charge in [-0.25, -0.2) is 0 Å². The van der Waals surface area contributed by atoms with E-state index in [1.54, 1.807) is 0 Å². The maximum Gasteiger partial charge on any atom is 0.134 e. The molecule has 0 spiro atoms. The van der Waals surface area contributed by atoms with Crippen molar-refractivity contribution < 1.29 is 4.74 Å². The topological polar surface area (TPSA) is 50.3 Å². The van der Waals surface area contributed by atoms with Crippen molar-refractivity contribution in [3.05, 3.63) is 5.69 Å². The summed E-state index contributed by atoms with van der Waals surface area (Å²) < 4.78 is 9.72. The molecule has 0 atom stereocenters. The van der Waals surface area contributed by atoms with E-state index < -0.39 is 0 Å². The molecule has 1 N–H and O–H groups in total. The first-order valence-electron chi connectivity index (χ1n) is 6.02. The smallest absolute Gasteiger partial charge is 0.134 e. The minimum absolute atomic E-state index is 0.0555. The maximum atomic E-state index is 5.70. The van der Waals surface area contributed by atoms with E-state index in [1.165, 1.54) is 11.5 Å². The third-order valence-corrected chi connectivity index (χ3v) is 3.50. The Hall–Kier alpha value is -0.720. The van der Waals surface area contributed by atoms with Crippen LogP contribution in [0.15, 0.2) is 0 Å². The highest BCUT2D eigenvalue weighted by molar-refractivity contribution is 7.10. The van der Waals surface area contributed by atoms with Crippen molar-refractivity contribution in [2.24, 2.45) is 0 Å². The number of morpholine rings is 1. The van der Waals surface area contributed by atoms with Gasteiger partial charge in [-0.2, -0.15) is 0 Å². The molecule has 1 aromatic rings. The standard InChI is InChI=1S/C11H20N4OS/c1-4-12-10-9(13-14-17-10)7-15-5-6-16-11(2,3)8-15/h12H,4-8H2,1-3H3. The fourth-order valence-corrected chi connectivity index (χ4v) is 2.71. The Balaban J connectivity index is 1.98. The van der Waals surface area contributed by atoms with Crippen LogP contribution >= 0.6 is 11.5 Å². The zero-order valence-corrected chi connectivity index (χ0v) is 11.5. The summed E-state index contributed by atoms with van der Waals surface area (Å²) in [6.45, 7) is 10.8. The lowest BCUT2D eigenvalue weighted by atomic mass is 10.1. The van der Waals surface area contributed by atoms with E-state index in [0.717, 1.165) is 43.5 Å². The molecule has 1 fully saturated rings. The molecule has 0 aromatic carbocycles. The van der Waals surface area contributed by atoms with Gasteiger partial charge in [0.15, 0.2) is 0 Å². The molecule has 96 valence electrons. The normalized spacial score (nSPS) is 20.4. The van der Waals surface area contributed by atoms with Crippen molar-refractivity contribution in [3.8, 4) is 0 Å². The van der Waals surface area contributed by atoms with Gasteiger partial charge in [0.25, 0.3) is 0 Å². The number of aromatic nitrogens is 2. The first kappa shape index (κ1) is 12.7. The van der Waals surface area contributed by atoms with Gasteiger partial charge in [0.2, 0.25) is 0 Å². The lowest BCUT2D eigenvalue weighted by molar-refractivity contribution is -0.0884. The molecule has 2 rings (SSSR count). The van der Waals surface area contributed by atoms with E-state index in [4.69, 9.17) is 4.74 Å². The fraction of sp³-hybridized carbons (Fsp3) is 0.818. The molecule has 5 nitrogen and oxygen atoms in total. The van der Waals surface area contributed by atoms with Crippen LogP contribution in [0.25, 0.3) is 0 Å². The lowest BCUT2D eigenvalue weighted by Crippen LogP contribution is -2.47. The molecule has 0 amide bonds. The summed E-state index contributed by atoms with van der Waals surface area (Å²) in [5, 5.41) is 8.60. The average molecular weight is 256 g/mol. The molecule has 1 aromatic heterocycles. The molecule has 1 saturated heterocycles. The second kappa shape index (κ2) is 5.29. The largest absolute Gasteiger partial charge is 0.374 e. The van der Waals surface area contributed by atoms with Crippen molar-refractivity contribution >= 4 is 16.5 Å². The molecule has 0 radical (unpaired) electrons. The van der Waals surface area contributed by atoms with Crippen LogP contribution in [0.2, 0.25) is 0 Å². The first-order chi connectivity index (χ1) is 8.11. The number of ether oxygens (including phenoxy) is 1. The summed E-state index contributed by atoms with van der Waals surface area (Å²) in [5.74, 6) is 0. The first-order valence-corrected chi connectivity index (χ1v) is 6.79. The third-order valence-electron chi connectivity index (χ3n) is 2.77. The van der Waals surface area contributed by atoms with Crippen LogP contribution in [0.4, 0.5) is 5.00 Å². The molecule has 17 heavy (non-hydrogen) atoms. The molecule has 0 unspecified atom stereocenters. The molecular weight excluding hydrogens is 236 g/mol. The average Bonchev–Trinajstić information content (AvgIpc) is 2.65. The third kappa shape index (κ3) is 3.37. The number of hydrogen-bond acceptors (Lipinski definition) is 6. The highest BCUT2D eigenvalue weighted by atomic mass is 32.1. The zero-order valence-electron chi connectivity index (χ0n) is 10.7. The molecule has 2 heterocycles. The molecule has 0 saturated carbocycles. The van der Waals surface area contributed by atoms with Gasteiger partial charge in [-0.05, 0) is 20.8 Å². The Labute approximate surface area is 106 Å². The Morgan fingerprint density at radius 3 is 3.06 bits per heavy atom. The molecule has 1 aliphatic rings. The predicted octanol–water partition coefficient (Wildman–Crippen LogP) is 1.58. The van der Waals surface area contributed by atoms with E-state index in [-0.39, 0.29) is 5.60 Å². The van der Waals surface area contributed by atoms with Gasteiger partial charge in [0.05, 0.1) is 12.2 Å². The van der Waals surface area contributed by atoms with Crippen LogP contribution in [0.3, 0.4) is 0 Å². The van der Waals surface area contributed by atoms with Crippen molar-refractivity contribution in [1.29, 1.82) is 0 Å². The fourth-order valence-electron chi connectivity index (χ4n) is 2.07. The number of anilines is 1. The van der Waals surface area contributed by atoms with Crippen molar-refractivity contribution in [2.45, 2.75) is 32.9 Å². The minimum atomic E-state index is -0.0555. The monoisotopic (exact) mass is 256 g/mol. The summed E-state index contributed by atoms with van der Waals surface area (Å²) in [4.78, 5) is 2.38. The molecule has 1 aliphatic heterocycles. The van der Waals surface area contributed by atoms with E-state index in [9.17, 15) is 0 Å².